The van der Waals surface area contributed by atoms with Crippen molar-refractivity contribution in [2.45, 2.75) is 13.3 Å². The Hall–Kier alpha value is -1.39. The van der Waals surface area contributed by atoms with Crippen LogP contribution in [0.2, 0.25) is 5.15 Å². The van der Waals surface area contributed by atoms with Gasteiger partial charge >= 0.3 is 0 Å². The fraction of sp³-hybridized carbons (Fsp3) is 0.385. The van der Waals surface area contributed by atoms with Crippen LogP contribution in [0.25, 0.3) is 10.8 Å². The minimum atomic E-state index is 0.0959. The lowest BCUT2D eigenvalue weighted by molar-refractivity contribution is 0.301. The van der Waals surface area contributed by atoms with Crippen molar-refractivity contribution in [3.05, 3.63) is 29.4 Å². The van der Waals surface area contributed by atoms with Gasteiger partial charge in [0.1, 0.15) is 0 Å². The molecule has 1 heterocycles. The average molecular weight is 266 g/mol. The second-order valence-corrected chi connectivity index (χ2v) is 4.43. The van der Waals surface area contributed by atoms with Gasteiger partial charge in [0.05, 0.1) is 6.61 Å². The minimum Gasteiger partial charge on any atom is -0.395 e. The number of hydrogen-bond donors (Lipinski definition) is 1. The third-order valence-electron chi connectivity index (χ3n) is 2.79. The van der Waals surface area contributed by atoms with E-state index in [1.165, 1.54) is 0 Å². The minimum absolute atomic E-state index is 0.0959. The summed E-state index contributed by atoms with van der Waals surface area (Å²) in [6.07, 6.45) is 0.985. The van der Waals surface area contributed by atoms with Gasteiger partial charge in [-0.3, -0.25) is 0 Å². The lowest BCUT2D eigenvalue weighted by atomic mass is 10.2. The first-order valence-corrected chi connectivity index (χ1v) is 6.42. The zero-order chi connectivity index (χ0) is 13.0. The summed E-state index contributed by atoms with van der Waals surface area (Å²) in [5.74, 6) is 0.783. The van der Waals surface area contributed by atoms with Gasteiger partial charge in [-0.05, 0) is 6.42 Å². The molecule has 0 atom stereocenters. The molecule has 0 radical (unpaired) electrons. The first-order chi connectivity index (χ1) is 8.77. The van der Waals surface area contributed by atoms with E-state index >= 15 is 0 Å². The van der Waals surface area contributed by atoms with Crippen molar-refractivity contribution in [3.8, 4) is 0 Å². The van der Waals surface area contributed by atoms with Crippen molar-refractivity contribution in [2.24, 2.45) is 0 Å². The molecule has 96 valence electrons. The van der Waals surface area contributed by atoms with Gasteiger partial charge in [-0.2, -0.15) is 0 Å². The standard InChI is InChI=1S/C13H16ClN3O/c1-2-7-17(8-9-18)13-11-6-4-3-5-10(11)12(14)15-16-13/h3-6,18H,2,7-9H2,1H3. The molecule has 0 amide bonds. The van der Waals surface area contributed by atoms with Gasteiger partial charge < -0.3 is 10.0 Å². The first-order valence-electron chi connectivity index (χ1n) is 6.04. The SMILES string of the molecule is CCCN(CCO)c1nnc(Cl)c2ccccc12. The Balaban J connectivity index is 2.52. The predicted octanol–water partition coefficient (Wildman–Crippen LogP) is 2.49. The van der Waals surface area contributed by atoms with Crippen molar-refractivity contribution >= 4 is 28.2 Å². The number of halogens is 1. The van der Waals surface area contributed by atoms with Gasteiger partial charge in [-0.15, -0.1) is 10.2 Å². The first kappa shape index (κ1) is 13.1. The van der Waals surface area contributed by atoms with E-state index in [1.54, 1.807) is 0 Å². The number of anilines is 1. The Labute approximate surface area is 111 Å². The molecule has 0 bridgehead atoms. The van der Waals surface area contributed by atoms with Crippen molar-refractivity contribution in [1.82, 2.24) is 10.2 Å². The maximum Gasteiger partial charge on any atom is 0.159 e. The lowest BCUT2D eigenvalue weighted by Gasteiger charge is -2.23. The smallest absolute Gasteiger partial charge is 0.159 e. The van der Waals surface area contributed by atoms with Gasteiger partial charge in [0.15, 0.2) is 11.0 Å². The molecular formula is C13H16ClN3O. The van der Waals surface area contributed by atoms with Crippen LogP contribution in [0.4, 0.5) is 5.82 Å². The molecular weight excluding hydrogens is 250 g/mol. The summed E-state index contributed by atoms with van der Waals surface area (Å²) in [6.45, 7) is 3.57. The molecule has 0 fully saturated rings. The number of aromatic nitrogens is 2. The molecule has 1 aromatic carbocycles. The summed E-state index contributed by atoms with van der Waals surface area (Å²) >= 11 is 6.05. The monoisotopic (exact) mass is 265 g/mol. The second kappa shape index (κ2) is 5.98. The third kappa shape index (κ3) is 2.54. The zero-order valence-corrected chi connectivity index (χ0v) is 11.1. The number of benzene rings is 1. The molecule has 0 saturated carbocycles. The molecule has 5 heteroatoms. The number of rotatable bonds is 5. The third-order valence-corrected chi connectivity index (χ3v) is 3.06. The van der Waals surface area contributed by atoms with Gasteiger partial charge in [0.25, 0.3) is 0 Å². The normalized spacial score (nSPS) is 10.8. The van der Waals surface area contributed by atoms with E-state index in [0.29, 0.717) is 11.7 Å². The van der Waals surface area contributed by atoms with E-state index < -0.39 is 0 Å². The van der Waals surface area contributed by atoms with Crippen LogP contribution < -0.4 is 4.90 Å². The molecule has 0 saturated heterocycles. The van der Waals surface area contributed by atoms with Crippen molar-refractivity contribution < 1.29 is 5.11 Å². The number of aliphatic hydroxyl groups is 1. The van der Waals surface area contributed by atoms with Crippen LogP contribution in [0, 0.1) is 0 Å². The Morgan fingerprint density at radius 1 is 1.17 bits per heavy atom. The quantitative estimate of drug-likeness (QED) is 0.902. The Bertz CT molecular complexity index is 527. The highest BCUT2D eigenvalue weighted by Crippen LogP contribution is 2.27. The number of hydrogen-bond acceptors (Lipinski definition) is 4. The summed E-state index contributed by atoms with van der Waals surface area (Å²) in [6, 6.07) is 7.78. The summed E-state index contributed by atoms with van der Waals surface area (Å²) in [5.41, 5.74) is 0. The van der Waals surface area contributed by atoms with Crippen LogP contribution in [0.5, 0.6) is 0 Å². The predicted molar refractivity (Wildman–Crippen MR) is 74.1 cm³/mol. The lowest BCUT2D eigenvalue weighted by Crippen LogP contribution is -2.28. The average Bonchev–Trinajstić information content (AvgIpc) is 2.39. The largest absolute Gasteiger partial charge is 0.395 e. The van der Waals surface area contributed by atoms with Gasteiger partial charge in [-0.25, -0.2) is 0 Å². The number of nitrogens with zero attached hydrogens (tertiary/aromatic N) is 3. The van der Waals surface area contributed by atoms with Gasteiger partial charge in [0, 0.05) is 23.9 Å². The Morgan fingerprint density at radius 3 is 2.56 bits per heavy atom. The highest BCUT2D eigenvalue weighted by molar-refractivity contribution is 6.34. The highest BCUT2D eigenvalue weighted by Gasteiger charge is 2.13. The van der Waals surface area contributed by atoms with E-state index in [0.717, 1.165) is 29.6 Å². The molecule has 0 aliphatic carbocycles. The van der Waals surface area contributed by atoms with Crippen LogP contribution in [0.15, 0.2) is 24.3 Å². The molecule has 0 aliphatic rings. The van der Waals surface area contributed by atoms with E-state index in [9.17, 15) is 0 Å². The number of fused-ring (bicyclic) bond motifs is 1. The van der Waals surface area contributed by atoms with E-state index in [1.807, 2.05) is 29.2 Å². The molecule has 18 heavy (non-hydrogen) atoms. The molecule has 2 aromatic rings. The van der Waals surface area contributed by atoms with Crippen molar-refractivity contribution in [1.29, 1.82) is 0 Å². The number of aliphatic hydroxyl groups excluding tert-OH is 1. The van der Waals surface area contributed by atoms with Crippen LogP contribution in [-0.4, -0.2) is 35.0 Å². The molecule has 4 nitrogen and oxygen atoms in total. The molecule has 0 spiro atoms. The Kier molecular flexibility index (Phi) is 4.33. The molecule has 1 aromatic heterocycles. The summed E-state index contributed by atoms with van der Waals surface area (Å²) in [5, 5.41) is 19.6. The molecule has 0 aliphatic heterocycles. The van der Waals surface area contributed by atoms with E-state index in [-0.39, 0.29) is 6.61 Å². The summed E-state index contributed by atoms with van der Waals surface area (Å²) in [7, 11) is 0. The van der Waals surface area contributed by atoms with Gasteiger partial charge in [-0.1, -0.05) is 42.8 Å². The second-order valence-electron chi connectivity index (χ2n) is 4.07. The summed E-state index contributed by atoms with van der Waals surface area (Å²) in [4.78, 5) is 2.03. The van der Waals surface area contributed by atoms with Crippen LogP contribution in [0.1, 0.15) is 13.3 Å². The maximum atomic E-state index is 9.14. The topological polar surface area (TPSA) is 49.2 Å². The molecule has 2 rings (SSSR count). The summed E-state index contributed by atoms with van der Waals surface area (Å²) < 4.78 is 0. The van der Waals surface area contributed by atoms with Gasteiger partial charge in [0.2, 0.25) is 0 Å². The zero-order valence-electron chi connectivity index (χ0n) is 10.3. The van der Waals surface area contributed by atoms with Crippen LogP contribution >= 0.6 is 11.6 Å². The van der Waals surface area contributed by atoms with Crippen molar-refractivity contribution in [2.75, 3.05) is 24.6 Å². The van der Waals surface area contributed by atoms with E-state index in [4.69, 9.17) is 16.7 Å². The fourth-order valence-corrected chi connectivity index (χ4v) is 2.21. The van der Waals surface area contributed by atoms with Crippen LogP contribution in [0.3, 0.4) is 0 Å². The maximum absolute atomic E-state index is 9.14. The van der Waals surface area contributed by atoms with E-state index in [2.05, 4.69) is 17.1 Å². The molecule has 0 unspecified atom stereocenters. The highest BCUT2D eigenvalue weighted by atomic mass is 35.5. The Morgan fingerprint density at radius 2 is 1.89 bits per heavy atom. The van der Waals surface area contributed by atoms with Crippen molar-refractivity contribution in [3.63, 3.8) is 0 Å². The van der Waals surface area contributed by atoms with Crippen LogP contribution in [-0.2, 0) is 0 Å². The molecule has 1 N–H and O–H groups in total. The fourth-order valence-electron chi connectivity index (χ4n) is 2.00.